The average Bonchev–Trinajstić information content (AvgIpc) is 3.00. The van der Waals surface area contributed by atoms with Crippen molar-refractivity contribution < 1.29 is 22.9 Å². The molecule has 0 aromatic heterocycles. The number of hydrogen-bond donors (Lipinski definition) is 1. The van der Waals surface area contributed by atoms with Gasteiger partial charge in [-0.2, -0.15) is 13.2 Å². The maximum absolute atomic E-state index is 13.0. The van der Waals surface area contributed by atoms with E-state index < -0.39 is 28.4 Å². The highest BCUT2D eigenvalue weighted by Gasteiger charge is 2.38. The summed E-state index contributed by atoms with van der Waals surface area (Å²) in [6.45, 7) is 0. The molecule has 5 nitrogen and oxygen atoms in total. The molecule has 9 heteroatoms. The lowest BCUT2D eigenvalue weighted by Gasteiger charge is -2.12. The minimum absolute atomic E-state index is 0.0496. The van der Waals surface area contributed by atoms with Gasteiger partial charge < -0.3 is 0 Å². The standard InChI is InChI=1S/C22H13F3N2O3S/c23-22(24,25)15-6-2-5-14(9-15)19-20(28)18(31-21(19)26)11-13-4-1-3-12-10-16(27(29)30)7-8-17(12)13/h1-11,19,26H. The topological polar surface area (TPSA) is 84.1 Å². The van der Waals surface area contributed by atoms with Gasteiger partial charge in [0.2, 0.25) is 0 Å². The van der Waals surface area contributed by atoms with Gasteiger partial charge in [0, 0.05) is 12.1 Å². The number of fused-ring (bicyclic) bond motifs is 1. The van der Waals surface area contributed by atoms with Crippen LogP contribution in [0.25, 0.3) is 16.8 Å². The Balaban J connectivity index is 1.72. The fourth-order valence-electron chi connectivity index (χ4n) is 3.46. The second-order valence-electron chi connectivity index (χ2n) is 6.91. The highest BCUT2D eigenvalue weighted by atomic mass is 32.2. The third-order valence-corrected chi connectivity index (χ3v) is 5.92. The summed E-state index contributed by atoms with van der Waals surface area (Å²) in [6, 6.07) is 14.0. The van der Waals surface area contributed by atoms with Crippen molar-refractivity contribution in [3.8, 4) is 0 Å². The van der Waals surface area contributed by atoms with Crippen molar-refractivity contribution in [3.05, 3.63) is 92.4 Å². The average molecular weight is 442 g/mol. The minimum Gasteiger partial charge on any atom is -0.297 e. The third kappa shape index (κ3) is 3.96. The zero-order chi connectivity index (χ0) is 22.3. The molecule has 0 saturated carbocycles. The number of carbonyl (C=O) groups is 1. The number of allylic oxidation sites excluding steroid dienone is 1. The first-order valence-electron chi connectivity index (χ1n) is 9.01. The molecule has 0 aliphatic carbocycles. The van der Waals surface area contributed by atoms with Crippen molar-refractivity contribution in [1.82, 2.24) is 0 Å². The van der Waals surface area contributed by atoms with Crippen LogP contribution < -0.4 is 0 Å². The molecule has 31 heavy (non-hydrogen) atoms. The number of carbonyl (C=O) groups excluding carboxylic acids is 1. The predicted octanol–water partition coefficient (Wildman–Crippen LogP) is 6.18. The summed E-state index contributed by atoms with van der Waals surface area (Å²) >= 11 is 0.907. The molecule has 0 radical (unpaired) electrons. The summed E-state index contributed by atoms with van der Waals surface area (Å²) in [5.74, 6) is -1.54. The first-order valence-corrected chi connectivity index (χ1v) is 9.83. The summed E-state index contributed by atoms with van der Waals surface area (Å²) in [5.41, 5.74) is -0.186. The SMILES string of the molecule is N=C1SC(=Cc2cccc3cc([N+](=O)[O-])ccc23)C(=O)C1c1cccc(C(F)(F)F)c1. The van der Waals surface area contributed by atoms with E-state index in [1.807, 2.05) is 0 Å². The summed E-state index contributed by atoms with van der Waals surface area (Å²) in [4.78, 5) is 23.7. The van der Waals surface area contributed by atoms with Crippen LogP contribution in [0.1, 0.15) is 22.6 Å². The van der Waals surface area contributed by atoms with Crippen molar-refractivity contribution in [2.45, 2.75) is 12.1 Å². The van der Waals surface area contributed by atoms with Crippen molar-refractivity contribution in [2.75, 3.05) is 0 Å². The van der Waals surface area contributed by atoms with E-state index in [0.29, 0.717) is 16.3 Å². The number of nitro benzene ring substituents is 1. The van der Waals surface area contributed by atoms with Crippen LogP contribution in [0.15, 0.2) is 65.6 Å². The van der Waals surface area contributed by atoms with E-state index in [-0.39, 0.29) is 21.2 Å². The molecular formula is C22H13F3N2O3S. The van der Waals surface area contributed by atoms with Gasteiger partial charge in [0.25, 0.3) is 5.69 Å². The Kier molecular flexibility index (Phi) is 5.14. The molecule has 0 amide bonds. The van der Waals surface area contributed by atoms with Crippen LogP contribution in [-0.4, -0.2) is 15.8 Å². The summed E-state index contributed by atoms with van der Waals surface area (Å²) in [6.07, 6.45) is -2.97. The lowest BCUT2D eigenvalue weighted by Crippen LogP contribution is -2.13. The molecule has 1 fully saturated rings. The number of benzene rings is 3. The van der Waals surface area contributed by atoms with Crippen molar-refractivity contribution >= 4 is 45.1 Å². The molecule has 3 aromatic rings. The Morgan fingerprint density at radius 1 is 1.06 bits per heavy atom. The van der Waals surface area contributed by atoms with E-state index in [0.717, 1.165) is 23.9 Å². The quantitative estimate of drug-likeness (QED) is 0.298. The molecule has 4 rings (SSSR count). The fourth-order valence-corrected chi connectivity index (χ4v) is 4.47. The number of hydrogen-bond acceptors (Lipinski definition) is 5. The van der Waals surface area contributed by atoms with Gasteiger partial charge in [0.1, 0.15) is 0 Å². The van der Waals surface area contributed by atoms with Gasteiger partial charge in [-0.1, -0.05) is 48.2 Å². The number of thioether (sulfide) groups is 1. The molecular weight excluding hydrogens is 429 g/mol. The number of non-ortho nitro benzene ring substituents is 1. The van der Waals surface area contributed by atoms with Gasteiger partial charge in [-0.05, 0) is 40.1 Å². The largest absolute Gasteiger partial charge is 0.416 e. The Bertz CT molecular complexity index is 1280. The number of ketones is 1. The van der Waals surface area contributed by atoms with E-state index in [9.17, 15) is 28.1 Å². The molecule has 0 bridgehead atoms. The zero-order valence-electron chi connectivity index (χ0n) is 15.6. The second-order valence-corrected chi connectivity index (χ2v) is 7.99. The van der Waals surface area contributed by atoms with Gasteiger partial charge in [-0.25, -0.2) is 0 Å². The number of halogens is 3. The molecule has 1 heterocycles. The number of nitro groups is 1. The molecule has 156 valence electrons. The van der Waals surface area contributed by atoms with E-state index in [4.69, 9.17) is 5.41 Å². The Morgan fingerprint density at radius 3 is 2.52 bits per heavy atom. The van der Waals surface area contributed by atoms with E-state index in [2.05, 4.69) is 0 Å². The number of Topliss-reactive ketones (excluding diaryl/α,β-unsaturated/α-hetero) is 1. The van der Waals surface area contributed by atoms with E-state index >= 15 is 0 Å². The molecule has 3 aromatic carbocycles. The van der Waals surface area contributed by atoms with Crippen LogP contribution in [0, 0.1) is 15.5 Å². The predicted molar refractivity (Wildman–Crippen MR) is 113 cm³/mol. The highest BCUT2D eigenvalue weighted by Crippen LogP contribution is 2.42. The Labute approximate surface area is 178 Å². The van der Waals surface area contributed by atoms with Gasteiger partial charge in [0.15, 0.2) is 5.78 Å². The van der Waals surface area contributed by atoms with Gasteiger partial charge in [0.05, 0.1) is 26.4 Å². The van der Waals surface area contributed by atoms with Crippen molar-refractivity contribution in [1.29, 1.82) is 5.41 Å². The van der Waals surface area contributed by atoms with Crippen LogP contribution in [0.5, 0.6) is 0 Å². The molecule has 1 unspecified atom stereocenters. The number of rotatable bonds is 3. The van der Waals surface area contributed by atoms with Crippen LogP contribution in [-0.2, 0) is 11.0 Å². The molecule has 1 atom stereocenters. The maximum Gasteiger partial charge on any atom is 0.416 e. The van der Waals surface area contributed by atoms with Crippen molar-refractivity contribution in [3.63, 3.8) is 0 Å². The maximum atomic E-state index is 13.0. The van der Waals surface area contributed by atoms with Crippen LogP contribution in [0.3, 0.4) is 0 Å². The van der Waals surface area contributed by atoms with Crippen LogP contribution >= 0.6 is 11.8 Å². The molecule has 1 aliphatic heterocycles. The van der Waals surface area contributed by atoms with Gasteiger partial charge in [-0.3, -0.25) is 20.3 Å². The highest BCUT2D eigenvalue weighted by molar-refractivity contribution is 8.19. The first-order chi connectivity index (χ1) is 14.6. The smallest absolute Gasteiger partial charge is 0.297 e. The lowest BCUT2D eigenvalue weighted by atomic mass is 9.93. The van der Waals surface area contributed by atoms with Crippen LogP contribution in [0.2, 0.25) is 0 Å². The summed E-state index contributed by atoms with van der Waals surface area (Å²) < 4.78 is 39.1. The molecule has 1 aliphatic rings. The lowest BCUT2D eigenvalue weighted by molar-refractivity contribution is -0.384. The third-order valence-electron chi connectivity index (χ3n) is 4.93. The number of nitrogens with one attached hydrogen (secondary N) is 1. The Hall–Kier alpha value is -3.46. The zero-order valence-corrected chi connectivity index (χ0v) is 16.5. The summed E-state index contributed by atoms with van der Waals surface area (Å²) in [5, 5.41) is 20.4. The van der Waals surface area contributed by atoms with Crippen molar-refractivity contribution in [2.24, 2.45) is 0 Å². The molecule has 1 saturated heterocycles. The monoisotopic (exact) mass is 442 g/mol. The van der Waals surface area contributed by atoms with E-state index in [1.165, 1.54) is 24.3 Å². The van der Waals surface area contributed by atoms with Gasteiger partial charge in [-0.15, -0.1) is 0 Å². The fraction of sp³-hybridized carbons (Fsp3) is 0.0909. The normalized spacial score (nSPS) is 18.2. The van der Waals surface area contributed by atoms with Gasteiger partial charge >= 0.3 is 6.18 Å². The molecule has 1 N–H and O–H groups in total. The number of alkyl halides is 3. The van der Waals surface area contributed by atoms with Crippen LogP contribution in [0.4, 0.5) is 18.9 Å². The number of nitrogens with zero attached hydrogens (tertiary/aromatic N) is 1. The first kappa shape index (κ1) is 20.8. The molecule has 0 spiro atoms. The van der Waals surface area contributed by atoms with E-state index in [1.54, 1.807) is 30.3 Å². The summed E-state index contributed by atoms with van der Waals surface area (Å²) in [7, 11) is 0. The second kappa shape index (κ2) is 7.66. The Morgan fingerprint density at radius 2 is 1.81 bits per heavy atom. The minimum atomic E-state index is -4.54.